The van der Waals surface area contributed by atoms with Gasteiger partial charge in [0.1, 0.15) is 12.0 Å². The van der Waals surface area contributed by atoms with Gasteiger partial charge in [-0.15, -0.1) is 0 Å². The Bertz CT molecular complexity index is 387. The van der Waals surface area contributed by atoms with E-state index in [1.165, 1.54) is 0 Å². The van der Waals surface area contributed by atoms with Crippen LogP contribution in [0, 0.1) is 5.92 Å². The fourth-order valence-corrected chi connectivity index (χ4v) is 2.41. The maximum absolute atomic E-state index is 11.7. The standard InChI is InChI=1S/C14H20O5/c1-3-5-6-18-11-8-12-10(13(15)17-4-2)7-9(11)14(16)19-12/h7,9,11-12H,3-6,8H2,1-2H3/t9-,11-,12-/m1/s1. The average Bonchev–Trinajstić information content (AvgIpc) is 2.39. The number of carbonyl (C=O) groups is 2. The Morgan fingerprint density at radius 3 is 2.89 bits per heavy atom. The Balaban J connectivity index is 2.04. The molecule has 5 heteroatoms. The van der Waals surface area contributed by atoms with Crippen molar-refractivity contribution in [2.24, 2.45) is 5.92 Å². The Labute approximate surface area is 112 Å². The summed E-state index contributed by atoms with van der Waals surface area (Å²) in [6.45, 7) is 4.80. The summed E-state index contributed by atoms with van der Waals surface area (Å²) in [5, 5.41) is 0. The van der Waals surface area contributed by atoms with Gasteiger partial charge in [0, 0.05) is 13.0 Å². The third-order valence-electron chi connectivity index (χ3n) is 3.42. The van der Waals surface area contributed by atoms with Crippen molar-refractivity contribution < 1.29 is 23.8 Å². The van der Waals surface area contributed by atoms with Crippen LogP contribution in [-0.2, 0) is 23.8 Å². The lowest BCUT2D eigenvalue weighted by Gasteiger charge is -2.39. The highest BCUT2D eigenvalue weighted by molar-refractivity contribution is 5.93. The van der Waals surface area contributed by atoms with Gasteiger partial charge in [0.25, 0.3) is 0 Å². The SMILES string of the molecule is CCCCO[C@@H]1C[C@H]2OC(=O)[C@@H]1C=C2C(=O)OCC. The van der Waals surface area contributed by atoms with E-state index in [1.807, 2.05) is 0 Å². The van der Waals surface area contributed by atoms with Crippen LogP contribution in [0.1, 0.15) is 33.1 Å². The molecule has 2 bridgehead atoms. The summed E-state index contributed by atoms with van der Waals surface area (Å²) in [6, 6.07) is 0. The quantitative estimate of drug-likeness (QED) is 0.541. The molecule has 0 aromatic carbocycles. The summed E-state index contributed by atoms with van der Waals surface area (Å²) >= 11 is 0. The Kier molecular flexibility index (Phi) is 4.58. The van der Waals surface area contributed by atoms with E-state index >= 15 is 0 Å². The summed E-state index contributed by atoms with van der Waals surface area (Å²) < 4.78 is 15.9. The van der Waals surface area contributed by atoms with Gasteiger partial charge in [0.15, 0.2) is 0 Å². The van der Waals surface area contributed by atoms with Gasteiger partial charge in [0.05, 0.1) is 18.3 Å². The number of rotatable bonds is 6. The number of fused-ring (bicyclic) bond motifs is 2. The molecule has 0 N–H and O–H groups in total. The van der Waals surface area contributed by atoms with Crippen LogP contribution in [0.25, 0.3) is 0 Å². The highest BCUT2D eigenvalue weighted by atomic mass is 16.6. The van der Waals surface area contributed by atoms with Crippen molar-refractivity contribution >= 4 is 11.9 Å². The lowest BCUT2D eigenvalue weighted by molar-refractivity contribution is -0.172. The molecule has 5 nitrogen and oxygen atoms in total. The molecule has 0 unspecified atom stereocenters. The molecule has 106 valence electrons. The topological polar surface area (TPSA) is 61.8 Å². The van der Waals surface area contributed by atoms with Crippen LogP contribution in [-0.4, -0.2) is 37.4 Å². The maximum atomic E-state index is 11.7. The lowest BCUT2D eigenvalue weighted by atomic mass is 9.82. The van der Waals surface area contributed by atoms with Gasteiger partial charge in [-0.05, 0) is 13.3 Å². The monoisotopic (exact) mass is 268 g/mol. The van der Waals surface area contributed by atoms with E-state index in [-0.39, 0.29) is 12.1 Å². The third-order valence-corrected chi connectivity index (χ3v) is 3.42. The molecule has 3 atom stereocenters. The van der Waals surface area contributed by atoms with E-state index in [2.05, 4.69) is 6.92 Å². The minimum Gasteiger partial charge on any atom is -0.463 e. The van der Waals surface area contributed by atoms with Crippen molar-refractivity contribution in [3.05, 3.63) is 11.6 Å². The first-order valence-electron chi connectivity index (χ1n) is 6.88. The first kappa shape index (κ1) is 14.1. The molecule has 0 spiro atoms. The van der Waals surface area contributed by atoms with E-state index in [0.717, 1.165) is 12.8 Å². The first-order chi connectivity index (χ1) is 9.17. The Morgan fingerprint density at radius 2 is 2.26 bits per heavy atom. The van der Waals surface area contributed by atoms with Crippen LogP contribution in [0.5, 0.6) is 0 Å². The van der Waals surface area contributed by atoms with Crippen molar-refractivity contribution in [1.82, 2.24) is 0 Å². The second-order valence-electron chi connectivity index (χ2n) is 4.79. The van der Waals surface area contributed by atoms with Crippen LogP contribution in [0.15, 0.2) is 11.6 Å². The van der Waals surface area contributed by atoms with Gasteiger partial charge < -0.3 is 14.2 Å². The molecule has 1 saturated heterocycles. The van der Waals surface area contributed by atoms with Crippen LogP contribution in [0.2, 0.25) is 0 Å². The lowest BCUT2D eigenvalue weighted by Crippen LogP contribution is -2.48. The van der Waals surface area contributed by atoms with E-state index < -0.39 is 18.0 Å². The second-order valence-corrected chi connectivity index (χ2v) is 4.79. The molecule has 3 aliphatic rings. The third kappa shape index (κ3) is 2.97. The summed E-state index contributed by atoms with van der Waals surface area (Å²) in [4.78, 5) is 23.5. The van der Waals surface area contributed by atoms with Crippen LogP contribution in [0.4, 0.5) is 0 Å². The number of esters is 2. The highest BCUT2D eigenvalue weighted by Gasteiger charge is 2.46. The first-order valence-corrected chi connectivity index (χ1v) is 6.88. The van der Waals surface area contributed by atoms with Gasteiger partial charge in [-0.3, -0.25) is 4.79 Å². The molecule has 0 aromatic rings. The summed E-state index contributed by atoms with van der Waals surface area (Å²) in [7, 11) is 0. The Hall–Kier alpha value is -1.36. The van der Waals surface area contributed by atoms with Gasteiger partial charge in [-0.1, -0.05) is 19.4 Å². The molecule has 0 aromatic heterocycles. The highest BCUT2D eigenvalue weighted by Crippen LogP contribution is 2.35. The van der Waals surface area contributed by atoms with Crippen molar-refractivity contribution in [1.29, 1.82) is 0 Å². The van der Waals surface area contributed by atoms with E-state index in [4.69, 9.17) is 14.2 Å². The maximum Gasteiger partial charge on any atom is 0.337 e. The largest absolute Gasteiger partial charge is 0.463 e. The van der Waals surface area contributed by atoms with Gasteiger partial charge >= 0.3 is 11.9 Å². The normalized spacial score (nSPS) is 28.8. The van der Waals surface area contributed by atoms with E-state index in [9.17, 15) is 9.59 Å². The predicted molar refractivity (Wildman–Crippen MR) is 67.4 cm³/mol. The molecule has 2 aliphatic heterocycles. The van der Waals surface area contributed by atoms with Crippen LogP contribution < -0.4 is 0 Å². The average molecular weight is 268 g/mol. The number of unbranched alkanes of at least 4 members (excludes halogenated alkanes) is 1. The zero-order valence-electron chi connectivity index (χ0n) is 11.4. The molecule has 0 saturated carbocycles. The fourth-order valence-electron chi connectivity index (χ4n) is 2.41. The molecular weight excluding hydrogens is 248 g/mol. The zero-order chi connectivity index (χ0) is 13.8. The van der Waals surface area contributed by atoms with Crippen molar-refractivity contribution in [3.8, 4) is 0 Å². The molecule has 0 radical (unpaired) electrons. The smallest absolute Gasteiger partial charge is 0.337 e. The summed E-state index contributed by atoms with van der Waals surface area (Å²) in [6.07, 6.45) is 3.55. The molecular formula is C14H20O5. The predicted octanol–water partition coefficient (Wildman–Crippen LogP) is 1.61. The molecule has 0 amide bonds. The number of hydrogen-bond donors (Lipinski definition) is 0. The summed E-state index contributed by atoms with van der Waals surface area (Å²) in [5.41, 5.74) is 0.460. The van der Waals surface area contributed by atoms with E-state index in [1.54, 1.807) is 13.0 Å². The number of carbonyl (C=O) groups excluding carboxylic acids is 2. The van der Waals surface area contributed by atoms with Crippen LogP contribution >= 0.6 is 0 Å². The van der Waals surface area contributed by atoms with E-state index in [0.29, 0.717) is 25.2 Å². The Morgan fingerprint density at radius 1 is 1.47 bits per heavy atom. The molecule has 19 heavy (non-hydrogen) atoms. The molecule has 2 heterocycles. The van der Waals surface area contributed by atoms with Gasteiger partial charge in [-0.2, -0.15) is 0 Å². The zero-order valence-corrected chi connectivity index (χ0v) is 11.4. The van der Waals surface area contributed by atoms with Crippen LogP contribution in [0.3, 0.4) is 0 Å². The molecule has 1 fully saturated rings. The minimum atomic E-state index is -0.511. The minimum absolute atomic E-state index is 0.170. The second kappa shape index (κ2) is 6.19. The number of ether oxygens (including phenoxy) is 3. The van der Waals surface area contributed by atoms with Gasteiger partial charge in [0.2, 0.25) is 0 Å². The van der Waals surface area contributed by atoms with Gasteiger partial charge in [-0.25, -0.2) is 4.79 Å². The summed E-state index contributed by atoms with van der Waals surface area (Å²) in [5.74, 6) is -1.16. The molecule has 3 rings (SSSR count). The van der Waals surface area contributed by atoms with Crippen molar-refractivity contribution in [2.75, 3.05) is 13.2 Å². The van der Waals surface area contributed by atoms with Crippen molar-refractivity contribution in [3.63, 3.8) is 0 Å². The fraction of sp³-hybridized carbons (Fsp3) is 0.714. The number of hydrogen-bond acceptors (Lipinski definition) is 5. The van der Waals surface area contributed by atoms with Crippen molar-refractivity contribution in [2.45, 2.75) is 45.3 Å². The molecule has 1 aliphatic carbocycles.